The summed E-state index contributed by atoms with van der Waals surface area (Å²) < 4.78 is 1.76. The molecule has 0 radical (unpaired) electrons. The lowest BCUT2D eigenvalue weighted by Crippen LogP contribution is -2.46. The predicted molar refractivity (Wildman–Crippen MR) is 151 cm³/mol. The van der Waals surface area contributed by atoms with Crippen LogP contribution in [0.4, 0.5) is 5.69 Å². The molecule has 1 fully saturated rings. The van der Waals surface area contributed by atoms with Gasteiger partial charge in [-0.1, -0.05) is 48.5 Å². The first kappa shape index (κ1) is 23.9. The quantitative estimate of drug-likeness (QED) is 0.323. The van der Waals surface area contributed by atoms with Crippen molar-refractivity contribution in [1.29, 1.82) is 0 Å². The van der Waals surface area contributed by atoms with E-state index in [0.717, 1.165) is 56.1 Å². The molecule has 0 saturated carbocycles. The zero-order chi connectivity index (χ0) is 26.7. The molecule has 1 saturated heterocycles. The summed E-state index contributed by atoms with van der Waals surface area (Å²) in [5.41, 5.74) is 10.7. The Hall–Kier alpha value is -4.23. The van der Waals surface area contributed by atoms with Gasteiger partial charge in [0.15, 0.2) is 0 Å². The predicted octanol–water partition coefficient (Wildman–Crippen LogP) is 4.42. The standard InChI is InChI=1S/C32H31N5O2/c1-21-25(18-33-34(21)2)20-37-31(38)28-8-5-9-29(30(28)32(37)39)36-14-12-35(13-15-36)19-22-10-11-27-24(16-22)17-23-6-3-4-7-26(23)27/h3-11,16,18H,12-15,17,19-20H2,1-2H3. The smallest absolute Gasteiger partial charge is 0.263 e. The summed E-state index contributed by atoms with van der Waals surface area (Å²) in [4.78, 5) is 32.8. The van der Waals surface area contributed by atoms with Crippen molar-refractivity contribution in [1.82, 2.24) is 19.6 Å². The monoisotopic (exact) mass is 517 g/mol. The minimum Gasteiger partial charge on any atom is -0.368 e. The Morgan fingerprint density at radius 1 is 0.795 bits per heavy atom. The van der Waals surface area contributed by atoms with Crippen molar-refractivity contribution in [3.05, 3.63) is 106 Å². The number of carbonyl (C=O) groups is 2. The number of aryl methyl sites for hydroxylation is 1. The number of nitrogens with zero attached hydrogens (tertiary/aromatic N) is 5. The Labute approximate surface area is 228 Å². The topological polar surface area (TPSA) is 61.7 Å². The third kappa shape index (κ3) is 3.96. The van der Waals surface area contributed by atoms with Crippen LogP contribution < -0.4 is 4.90 Å². The number of carbonyl (C=O) groups excluding carboxylic acids is 2. The SMILES string of the molecule is Cc1c(CN2C(=O)c3cccc(N4CCN(Cc5ccc6c(c5)Cc5ccccc5-6)CC4)c3C2=O)cnn1C. The number of anilines is 1. The van der Waals surface area contributed by atoms with Gasteiger partial charge in [-0.3, -0.25) is 24.1 Å². The first-order valence-electron chi connectivity index (χ1n) is 13.6. The Balaban J connectivity index is 1.04. The van der Waals surface area contributed by atoms with Crippen LogP contribution in [0.25, 0.3) is 11.1 Å². The number of rotatable bonds is 5. The number of aromatic nitrogens is 2. The lowest BCUT2D eigenvalue weighted by atomic mass is 10.0. The van der Waals surface area contributed by atoms with Gasteiger partial charge in [-0.25, -0.2) is 0 Å². The van der Waals surface area contributed by atoms with E-state index < -0.39 is 0 Å². The molecule has 0 bridgehead atoms. The zero-order valence-corrected chi connectivity index (χ0v) is 22.4. The fraction of sp³-hybridized carbons (Fsp3) is 0.281. The number of hydrogen-bond donors (Lipinski definition) is 0. The summed E-state index contributed by atoms with van der Waals surface area (Å²) >= 11 is 0. The highest BCUT2D eigenvalue weighted by atomic mass is 16.2. The van der Waals surface area contributed by atoms with Crippen LogP contribution in [-0.4, -0.2) is 57.6 Å². The van der Waals surface area contributed by atoms with Crippen LogP contribution in [0.3, 0.4) is 0 Å². The van der Waals surface area contributed by atoms with Crippen molar-refractivity contribution in [3.8, 4) is 11.1 Å². The van der Waals surface area contributed by atoms with E-state index in [4.69, 9.17) is 0 Å². The van der Waals surface area contributed by atoms with E-state index >= 15 is 0 Å². The molecule has 7 rings (SSSR count). The van der Waals surface area contributed by atoms with Crippen LogP contribution >= 0.6 is 0 Å². The van der Waals surface area contributed by atoms with E-state index in [0.29, 0.717) is 11.1 Å². The van der Waals surface area contributed by atoms with E-state index in [1.165, 1.54) is 32.7 Å². The summed E-state index contributed by atoms with van der Waals surface area (Å²) in [6.07, 6.45) is 2.75. The normalized spacial score (nSPS) is 16.6. The summed E-state index contributed by atoms with van der Waals surface area (Å²) in [7, 11) is 1.86. The van der Waals surface area contributed by atoms with Gasteiger partial charge in [0.25, 0.3) is 11.8 Å². The molecule has 7 nitrogen and oxygen atoms in total. The average molecular weight is 518 g/mol. The van der Waals surface area contributed by atoms with Crippen LogP contribution in [0.5, 0.6) is 0 Å². The molecule has 7 heteroatoms. The van der Waals surface area contributed by atoms with E-state index in [2.05, 4.69) is 57.4 Å². The molecule has 3 heterocycles. The lowest BCUT2D eigenvalue weighted by Gasteiger charge is -2.36. The maximum Gasteiger partial charge on any atom is 0.263 e. The summed E-state index contributed by atoms with van der Waals surface area (Å²) in [6, 6.07) is 21.3. The minimum absolute atomic E-state index is 0.213. The molecule has 0 atom stereocenters. The molecule has 2 amide bonds. The third-order valence-corrected chi connectivity index (χ3v) is 8.62. The van der Waals surface area contributed by atoms with Crippen molar-refractivity contribution >= 4 is 17.5 Å². The Morgan fingerprint density at radius 2 is 1.56 bits per heavy atom. The second-order valence-corrected chi connectivity index (χ2v) is 10.9. The highest BCUT2D eigenvalue weighted by Gasteiger charge is 2.39. The number of imide groups is 1. The van der Waals surface area contributed by atoms with Gasteiger partial charge in [0.1, 0.15) is 0 Å². The summed E-state index contributed by atoms with van der Waals surface area (Å²) in [5.74, 6) is -0.437. The van der Waals surface area contributed by atoms with Gasteiger partial charge < -0.3 is 4.90 Å². The maximum atomic E-state index is 13.5. The number of amides is 2. The van der Waals surface area contributed by atoms with Crippen LogP contribution in [0.1, 0.15) is 48.7 Å². The Bertz CT molecular complexity index is 1630. The minimum atomic E-state index is -0.225. The molecule has 0 N–H and O–H groups in total. The van der Waals surface area contributed by atoms with Gasteiger partial charge in [-0.05, 0) is 53.3 Å². The van der Waals surface area contributed by atoms with Crippen LogP contribution in [-0.2, 0) is 26.6 Å². The molecule has 2 aliphatic heterocycles. The lowest BCUT2D eigenvalue weighted by molar-refractivity contribution is 0.0642. The molecule has 39 heavy (non-hydrogen) atoms. The molecule has 1 aliphatic carbocycles. The van der Waals surface area contributed by atoms with Crippen molar-refractivity contribution in [2.75, 3.05) is 31.1 Å². The van der Waals surface area contributed by atoms with Gasteiger partial charge >= 0.3 is 0 Å². The van der Waals surface area contributed by atoms with Gasteiger partial charge in [-0.15, -0.1) is 0 Å². The second kappa shape index (κ2) is 9.20. The molecule has 1 aromatic heterocycles. The van der Waals surface area contributed by atoms with E-state index in [9.17, 15) is 9.59 Å². The van der Waals surface area contributed by atoms with Gasteiger partial charge in [0.2, 0.25) is 0 Å². The van der Waals surface area contributed by atoms with E-state index in [1.807, 2.05) is 26.1 Å². The molecule has 3 aromatic carbocycles. The number of fused-ring (bicyclic) bond motifs is 4. The zero-order valence-electron chi connectivity index (χ0n) is 22.4. The van der Waals surface area contributed by atoms with E-state index in [1.54, 1.807) is 16.9 Å². The fourth-order valence-corrected chi connectivity index (χ4v) is 6.29. The van der Waals surface area contributed by atoms with Crippen molar-refractivity contribution in [2.45, 2.75) is 26.4 Å². The van der Waals surface area contributed by atoms with E-state index in [-0.39, 0.29) is 18.4 Å². The summed E-state index contributed by atoms with van der Waals surface area (Å²) in [6.45, 7) is 6.55. The van der Waals surface area contributed by atoms with Crippen molar-refractivity contribution in [2.24, 2.45) is 7.05 Å². The highest BCUT2D eigenvalue weighted by molar-refractivity contribution is 6.23. The molecule has 3 aliphatic rings. The fourth-order valence-electron chi connectivity index (χ4n) is 6.29. The first-order chi connectivity index (χ1) is 19.0. The number of hydrogen-bond acceptors (Lipinski definition) is 5. The van der Waals surface area contributed by atoms with Crippen LogP contribution in [0.15, 0.2) is 66.9 Å². The average Bonchev–Trinajstić information content (AvgIpc) is 3.57. The maximum absolute atomic E-state index is 13.5. The second-order valence-electron chi connectivity index (χ2n) is 10.9. The molecular formula is C32H31N5O2. The van der Waals surface area contributed by atoms with Crippen LogP contribution in [0, 0.1) is 6.92 Å². The molecule has 4 aromatic rings. The highest BCUT2D eigenvalue weighted by Crippen LogP contribution is 2.37. The van der Waals surface area contributed by atoms with Gasteiger partial charge in [-0.2, -0.15) is 5.10 Å². The molecule has 196 valence electrons. The Morgan fingerprint density at radius 3 is 2.36 bits per heavy atom. The Kier molecular flexibility index (Phi) is 5.63. The molecule has 0 unspecified atom stereocenters. The third-order valence-electron chi connectivity index (χ3n) is 8.62. The first-order valence-corrected chi connectivity index (χ1v) is 13.6. The molecular weight excluding hydrogens is 486 g/mol. The van der Waals surface area contributed by atoms with Crippen molar-refractivity contribution in [3.63, 3.8) is 0 Å². The molecule has 0 spiro atoms. The van der Waals surface area contributed by atoms with Gasteiger partial charge in [0.05, 0.1) is 29.6 Å². The van der Waals surface area contributed by atoms with Crippen LogP contribution in [0.2, 0.25) is 0 Å². The number of benzene rings is 3. The summed E-state index contributed by atoms with van der Waals surface area (Å²) in [5, 5.41) is 4.27. The number of piperazine rings is 1. The van der Waals surface area contributed by atoms with Gasteiger partial charge in [0, 0.05) is 51.0 Å². The largest absolute Gasteiger partial charge is 0.368 e. The van der Waals surface area contributed by atoms with Crippen molar-refractivity contribution < 1.29 is 9.59 Å².